The van der Waals surface area contributed by atoms with E-state index in [4.69, 9.17) is 10.5 Å². The minimum atomic E-state index is -0.504. The Morgan fingerprint density at radius 2 is 1.84 bits per heavy atom. The summed E-state index contributed by atoms with van der Waals surface area (Å²) in [4.78, 5) is 0. The van der Waals surface area contributed by atoms with E-state index in [0.29, 0.717) is 11.3 Å². The van der Waals surface area contributed by atoms with E-state index in [2.05, 4.69) is 15.9 Å². The maximum atomic E-state index is 13.8. The molecule has 2 nitrogen and oxygen atoms in total. The standard InChI is InChI=1S/C14H12BrF2NO/c1-8(18)9-2-5-14(13(17)6-9)19-10-3-4-12(16)11(15)7-10/h2-8H,18H2,1H3/t8-/m1/s1. The molecule has 2 rings (SSSR count). The van der Waals surface area contributed by atoms with E-state index in [-0.39, 0.29) is 16.3 Å². The second-order valence-electron chi connectivity index (χ2n) is 4.16. The Balaban J connectivity index is 2.25. The van der Waals surface area contributed by atoms with Crippen LogP contribution in [0.25, 0.3) is 0 Å². The number of rotatable bonds is 3. The Bertz CT molecular complexity index is 602. The zero-order valence-corrected chi connectivity index (χ0v) is 11.7. The molecule has 0 aliphatic rings. The van der Waals surface area contributed by atoms with Gasteiger partial charge < -0.3 is 10.5 Å². The molecule has 0 radical (unpaired) electrons. The fourth-order valence-electron chi connectivity index (χ4n) is 1.55. The first-order valence-electron chi connectivity index (χ1n) is 5.65. The predicted octanol–water partition coefficient (Wildman–Crippen LogP) is 4.54. The summed E-state index contributed by atoms with van der Waals surface area (Å²) in [5.41, 5.74) is 6.35. The van der Waals surface area contributed by atoms with Gasteiger partial charge in [-0.2, -0.15) is 0 Å². The van der Waals surface area contributed by atoms with Crippen LogP contribution in [-0.4, -0.2) is 0 Å². The zero-order chi connectivity index (χ0) is 14.0. The summed E-state index contributed by atoms with van der Waals surface area (Å²) in [7, 11) is 0. The third-order valence-electron chi connectivity index (χ3n) is 2.60. The Hall–Kier alpha value is -1.46. The predicted molar refractivity (Wildman–Crippen MR) is 73.2 cm³/mol. The third kappa shape index (κ3) is 3.30. The maximum Gasteiger partial charge on any atom is 0.166 e. The minimum absolute atomic E-state index is 0.0721. The molecule has 5 heteroatoms. The molecule has 0 spiro atoms. The van der Waals surface area contributed by atoms with E-state index >= 15 is 0 Å². The van der Waals surface area contributed by atoms with Gasteiger partial charge in [0, 0.05) is 6.04 Å². The van der Waals surface area contributed by atoms with Gasteiger partial charge in [0.2, 0.25) is 0 Å². The van der Waals surface area contributed by atoms with Crippen LogP contribution >= 0.6 is 15.9 Å². The molecule has 0 fully saturated rings. The Morgan fingerprint density at radius 3 is 2.42 bits per heavy atom. The highest BCUT2D eigenvalue weighted by atomic mass is 79.9. The molecular formula is C14H12BrF2NO. The molecule has 0 heterocycles. The molecule has 0 amide bonds. The van der Waals surface area contributed by atoms with Crippen LogP contribution in [-0.2, 0) is 0 Å². The molecule has 0 saturated heterocycles. The first kappa shape index (κ1) is 14.0. The first-order valence-corrected chi connectivity index (χ1v) is 6.44. The van der Waals surface area contributed by atoms with Crippen molar-refractivity contribution in [2.75, 3.05) is 0 Å². The maximum absolute atomic E-state index is 13.8. The normalized spacial score (nSPS) is 12.3. The Kier molecular flexibility index (Phi) is 4.17. The summed E-state index contributed by atoms with van der Waals surface area (Å²) < 4.78 is 32.5. The van der Waals surface area contributed by atoms with Crippen LogP contribution in [0.1, 0.15) is 18.5 Å². The van der Waals surface area contributed by atoms with Gasteiger partial charge in [0.05, 0.1) is 4.47 Å². The molecular weight excluding hydrogens is 316 g/mol. The van der Waals surface area contributed by atoms with Crippen molar-refractivity contribution in [3.8, 4) is 11.5 Å². The Labute approximate surface area is 118 Å². The van der Waals surface area contributed by atoms with Gasteiger partial charge in [-0.15, -0.1) is 0 Å². The molecule has 0 unspecified atom stereocenters. The van der Waals surface area contributed by atoms with Crippen molar-refractivity contribution in [3.05, 3.63) is 58.1 Å². The smallest absolute Gasteiger partial charge is 0.166 e. The topological polar surface area (TPSA) is 35.2 Å². The van der Waals surface area contributed by atoms with Crippen molar-refractivity contribution in [3.63, 3.8) is 0 Å². The lowest BCUT2D eigenvalue weighted by Crippen LogP contribution is -2.05. The molecule has 0 aliphatic carbocycles. The zero-order valence-electron chi connectivity index (χ0n) is 10.2. The largest absolute Gasteiger partial charge is 0.454 e. The van der Waals surface area contributed by atoms with E-state index in [1.165, 1.54) is 30.3 Å². The van der Waals surface area contributed by atoms with E-state index in [1.54, 1.807) is 13.0 Å². The van der Waals surface area contributed by atoms with E-state index in [9.17, 15) is 8.78 Å². The summed E-state index contributed by atoms with van der Waals surface area (Å²) in [6, 6.07) is 8.40. The van der Waals surface area contributed by atoms with Crippen LogP contribution in [0.2, 0.25) is 0 Å². The highest BCUT2D eigenvalue weighted by Gasteiger charge is 2.09. The van der Waals surface area contributed by atoms with Crippen molar-refractivity contribution in [2.45, 2.75) is 13.0 Å². The average molecular weight is 328 g/mol. The van der Waals surface area contributed by atoms with E-state index < -0.39 is 11.6 Å². The highest BCUT2D eigenvalue weighted by molar-refractivity contribution is 9.10. The second-order valence-corrected chi connectivity index (χ2v) is 5.01. The van der Waals surface area contributed by atoms with E-state index in [0.717, 1.165) is 0 Å². The summed E-state index contributed by atoms with van der Waals surface area (Å²) >= 11 is 3.04. The summed E-state index contributed by atoms with van der Waals surface area (Å²) in [5, 5.41) is 0. The fraction of sp³-hybridized carbons (Fsp3) is 0.143. The minimum Gasteiger partial charge on any atom is -0.454 e. The van der Waals surface area contributed by atoms with Crippen molar-refractivity contribution in [1.29, 1.82) is 0 Å². The van der Waals surface area contributed by atoms with Gasteiger partial charge in [-0.25, -0.2) is 8.78 Å². The monoisotopic (exact) mass is 327 g/mol. The van der Waals surface area contributed by atoms with Crippen molar-refractivity contribution in [2.24, 2.45) is 5.73 Å². The average Bonchev–Trinajstić information content (AvgIpc) is 2.36. The SMILES string of the molecule is C[C@@H](N)c1ccc(Oc2ccc(F)c(Br)c2)c(F)c1. The van der Waals surface area contributed by atoms with Crippen LogP contribution in [0.4, 0.5) is 8.78 Å². The molecule has 2 N–H and O–H groups in total. The van der Waals surface area contributed by atoms with Gasteiger partial charge in [-0.05, 0) is 58.7 Å². The molecule has 0 aromatic heterocycles. The lowest BCUT2D eigenvalue weighted by molar-refractivity contribution is 0.439. The van der Waals surface area contributed by atoms with Gasteiger partial charge in [-0.1, -0.05) is 6.07 Å². The third-order valence-corrected chi connectivity index (χ3v) is 3.21. The lowest BCUT2D eigenvalue weighted by Gasteiger charge is -2.10. The number of hydrogen-bond acceptors (Lipinski definition) is 2. The quantitative estimate of drug-likeness (QED) is 0.898. The molecule has 0 aliphatic heterocycles. The number of nitrogens with two attached hydrogens (primary N) is 1. The molecule has 2 aromatic rings. The van der Waals surface area contributed by atoms with Crippen LogP contribution in [0.15, 0.2) is 40.9 Å². The fourth-order valence-corrected chi connectivity index (χ4v) is 1.91. The molecule has 0 bridgehead atoms. The van der Waals surface area contributed by atoms with Gasteiger partial charge in [0.25, 0.3) is 0 Å². The van der Waals surface area contributed by atoms with Gasteiger partial charge in [0.15, 0.2) is 11.6 Å². The number of benzene rings is 2. The molecule has 1 atom stereocenters. The molecule has 19 heavy (non-hydrogen) atoms. The van der Waals surface area contributed by atoms with Gasteiger partial charge >= 0.3 is 0 Å². The van der Waals surface area contributed by atoms with Crippen molar-refractivity contribution >= 4 is 15.9 Å². The van der Waals surface area contributed by atoms with Gasteiger partial charge in [0.1, 0.15) is 11.6 Å². The highest BCUT2D eigenvalue weighted by Crippen LogP contribution is 2.29. The van der Waals surface area contributed by atoms with Crippen LogP contribution < -0.4 is 10.5 Å². The van der Waals surface area contributed by atoms with Crippen molar-refractivity contribution in [1.82, 2.24) is 0 Å². The summed E-state index contributed by atoms with van der Waals surface area (Å²) in [6.45, 7) is 1.77. The second kappa shape index (κ2) is 5.67. The van der Waals surface area contributed by atoms with Crippen LogP contribution in [0.3, 0.4) is 0 Å². The molecule has 0 saturated carbocycles. The van der Waals surface area contributed by atoms with E-state index in [1.807, 2.05) is 0 Å². The van der Waals surface area contributed by atoms with Crippen LogP contribution in [0.5, 0.6) is 11.5 Å². The Morgan fingerprint density at radius 1 is 1.11 bits per heavy atom. The molecule has 2 aromatic carbocycles. The van der Waals surface area contributed by atoms with Crippen LogP contribution in [0, 0.1) is 11.6 Å². The first-order chi connectivity index (χ1) is 8.97. The van der Waals surface area contributed by atoms with Crippen molar-refractivity contribution < 1.29 is 13.5 Å². The summed E-state index contributed by atoms with van der Waals surface area (Å²) in [6.07, 6.45) is 0. The summed E-state index contributed by atoms with van der Waals surface area (Å²) in [5.74, 6) is -0.487. The number of halogens is 3. The number of hydrogen-bond donors (Lipinski definition) is 1. The lowest BCUT2D eigenvalue weighted by atomic mass is 10.1. The number of ether oxygens (including phenoxy) is 1. The van der Waals surface area contributed by atoms with Gasteiger partial charge in [-0.3, -0.25) is 0 Å². The molecule has 100 valence electrons.